The first-order valence-corrected chi connectivity index (χ1v) is 24.0. The number of piperidine rings is 1. The van der Waals surface area contributed by atoms with E-state index < -0.39 is 78.7 Å². The molecule has 0 spiro atoms. The van der Waals surface area contributed by atoms with Crippen molar-refractivity contribution in [2.75, 3.05) is 26.9 Å². The van der Waals surface area contributed by atoms with Gasteiger partial charge in [-0.3, -0.25) is 39.1 Å². The van der Waals surface area contributed by atoms with Gasteiger partial charge >= 0.3 is 18.0 Å². The summed E-state index contributed by atoms with van der Waals surface area (Å²) in [6.07, 6.45) is 2.44. The number of aromatic hydroxyl groups is 1. The van der Waals surface area contributed by atoms with Crippen LogP contribution in [0.1, 0.15) is 141 Å². The van der Waals surface area contributed by atoms with Crippen LogP contribution in [-0.2, 0) is 44.6 Å². The number of esters is 2. The van der Waals surface area contributed by atoms with Crippen LogP contribution in [0.3, 0.4) is 0 Å². The number of hydrogen-bond acceptors (Lipinski definition) is 14. The van der Waals surface area contributed by atoms with Crippen LogP contribution in [0.5, 0.6) is 5.75 Å². The summed E-state index contributed by atoms with van der Waals surface area (Å²) in [6, 6.07) is 3.77. The van der Waals surface area contributed by atoms with Crippen molar-refractivity contribution < 1.29 is 52.9 Å². The Morgan fingerprint density at radius 1 is 0.939 bits per heavy atom. The van der Waals surface area contributed by atoms with Crippen molar-refractivity contribution >= 4 is 53.0 Å². The van der Waals surface area contributed by atoms with E-state index in [-0.39, 0.29) is 72.4 Å². The lowest BCUT2D eigenvalue weighted by atomic mass is 9.92. The lowest BCUT2D eigenvalue weighted by Gasteiger charge is -2.39. The third-order valence-electron chi connectivity index (χ3n) is 11.6. The van der Waals surface area contributed by atoms with Crippen molar-refractivity contribution in [2.24, 2.45) is 23.7 Å². The van der Waals surface area contributed by atoms with Gasteiger partial charge in [-0.15, -0.1) is 11.3 Å². The summed E-state index contributed by atoms with van der Waals surface area (Å²) < 4.78 is 16.6. The van der Waals surface area contributed by atoms with E-state index in [0.29, 0.717) is 19.3 Å². The number of rotatable bonds is 24. The molecule has 1 saturated heterocycles. The van der Waals surface area contributed by atoms with Crippen LogP contribution in [0.15, 0.2) is 29.6 Å². The number of nitrogens with zero attached hydrogens (tertiary/aromatic N) is 3. The van der Waals surface area contributed by atoms with E-state index in [1.54, 1.807) is 19.1 Å². The molecule has 1 aromatic heterocycles. The molecule has 368 valence electrons. The Labute approximate surface area is 393 Å². The fourth-order valence-electron chi connectivity index (χ4n) is 7.66. The molecule has 66 heavy (non-hydrogen) atoms. The molecule has 1 aliphatic heterocycles. The first kappa shape index (κ1) is 55.0. The fraction of sp³-hybridized carbons (Fsp3) is 0.660. The molecule has 3 rings (SSSR count). The van der Waals surface area contributed by atoms with Gasteiger partial charge in [-0.05, 0) is 81.1 Å². The van der Waals surface area contributed by atoms with Gasteiger partial charge in [0.2, 0.25) is 17.7 Å². The Bertz CT molecular complexity index is 1910. The van der Waals surface area contributed by atoms with Gasteiger partial charge in [-0.1, -0.05) is 80.4 Å². The molecule has 5 amide bonds. The quantitative estimate of drug-likeness (QED) is 0.0363. The maximum Gasteiger partial charge on any atom is 0.426 e. The maximum atomic E-state index is 14.9. The molecule has 0 radical (unpaired) electrons. The number of phenols is 1. The number of carbonyl (C=O) groups is 7. The van der Waals surface area contributed by atoms with Crippen LogP contribution in [-0.4, -0.2) is 113 Å². The number of nitrogens with one attached hydrogen (secondary N) is 4. The Balaban J connectivity index is 1.94. The molecule has 0 bridgehead atoms. The number of likely N-dealkylation sites (N-methyl/N-ethyl adjacent to an activating group) is 1. The molecule has 1 aromatic carbocycles. The number of phenolic OH excluding ortho intramolecular Hbond substituents is 1. The minimum atomic E-state index is -1.04. The van der Waals surface area contributed by atoms with Gasteiger partial charge in [-0.25, -0.2) is 15.2 Å². The average Bonchev–Trinajstić information content (AvgIpc) is 3.76. The highest BCUT2D eigenvalue weighted by atomic mass is 32.1. The summed E-state index contributed by atoms with van der Waals surface area (Å²) in [5, 5.41) is 17.7. The SMILES string of the molecule is CCCOC(=O)NNC(=O)[C@@H](C)C[C@H](Cc1ccc(O)cc1)NC(=O)c1csc([C@@H](C[C@H](C(C)C)N(COC(=O)CC(C)C)C(=O)[C@@H](NC(=O)[C@H]2CCCCN2C)C(C)CC)OC(C)=O)n1. The third-order valence-corrected chi connectivity index (χ3v) is 12.5. The zero-order valence-electron chi connectivity index (χ0n) is 40.3. The largest absolute Gasteiger partial charge is 0.508 e. The van der Waals surface area contributed by atoms with Gasteiger partial charge < -0.3 is 34.9 Å². The molecule has 18 nitrogen and oxygen atoms in total. The molecule has 5 N–H and O–H groups in total. The summed E-state index contributed by atoms with van der Waals surface area (Å²) in [6.45, 7) is 16.6. The highest BCUT2D eigenvalue weighted by molar-refractivity contribution is 7.09. The molecule has 1 unspecified atom stereocenters. The van der Waals surface area contributed by atoms with Crippen LogP contribution < -0.4 is 21.5 Å². The molecule has 2 heterocycles. The Morgan fingerprint density at radius 3 is 2.24 bits per heavy atom. The van der Waals surface area contributed by atoms with Crippen LogP contribution in [0, 0.1) is 23.7 Å². The van der Waals surface area contributed by atoms with Crippen molar-refractivity contribution in [3.8, 4) is 5.75 Å². The number of carbonyl (C=O) groups excluding carboxylic acids is 7. The van der Waals surface area contributed by atoms with E-state index in [2.05, 4.69) is 26.5 Å². The van der Waals surface area contributed by atoms with E-state index in [4.69, 9.17) is 14.2 Å². The molecular formula is C47H73N7O11S. The first-order chi connectivity index (χ1) is 31.2. The van der Waals surface area contributed by atoms with Crippen LogP contribution in [0.2, 0.25) is 0 Å². The summed E-state index contributed by atoms with van der Waals surface area (Å²) in [5.41, 5.74) is 5.36. The molecular weight excluding hydrogens is 871 g/mol. The van der Waals surface area contributed by atoms with E-state index in [9.17, 15) is 38.7 Å². The average molecular weight is 944 g/mol. The molecule has 0 aliphatic carbocycles. The van der Waals surface area contributed by atoms with Gasteiger partial charge in [0.25, 0.3) is 5.91 Å². The fourth-order valence-corrected chi connectivity index (χ4v) is 8.50. The van der Waals surface area contributed by atoms with Gasteiger partial charge in [0.1, 0.15) is 22.5 Å². The van der Waals surface area contributed by atoms with Crippen molar-refractivity contribution in [2.45, 2.75) is 150 Å². The summed E-state index contributed by atoms with van der Waals surface area (Å²) in [5.74, 6) is -4.08. The van der Waals surface area contributed by atoms with E-state index in [0.717, 1.165) is 36.3 Å². The van der Waals surface area contributed by atoms with Crippen molar-refractivity contribution in [3.05, 3.63) is 45.9 Å². The second-order valence-electron chi connectivity index (χ2n) is 18.1. The second-order valence-corrected chi connectivity index (χ2v) is 18.9. The lowest BCUT2D eigenvalue weighted by Crippen LogP contribution is -2.59. The topological polar surface area (TPSA) is 235 Å². The first-order valence-electron chi connectivity index (χ1n) is 23.1. The number of ether oxygens (including phenoxy) is 3. The number of thiazole rings is 1. The normalized spacial score (nSPS) is 16.8. The molecule has 1 aliphatic rings. The number of hydrogen-bond donors (Lipinski definition) is 5. The number of hydrazine groups is 1. The Kier molecular flexibility index (Phi) is 22.8. The molecule has 2 aromatic rings. The molecule has 1 fully saturated rings. The summed E-state index contributed by atoms with van der Waals surface area (Å²) in [7, 11) is 1.90. The zero-order chi connectivity index (χ0) is 49.1. The Morgan fingerprint density at radius 2 is 1.64 bits per heavy atom. The number of likely N-dealkylation sites (tertiary alicyclic amines) is 1. The van der Waals surface area contributed by atoms with Gasteiger partial charge in [0, 0.05) is 43.1 Å². The number of aromatic nitrogens is 1. The summed E-state index contributed by atoms with van der Waals surface area (Å²) >= 11 is 1.09. The minimum absolute atomic E-state index is 0.00251. The molecule has 19 heteroatoms. The third kappa shape index (κ3) is 17.8. The van der Waals surface area contributed by atoms with Crippen LogP contribution >= 0.6 is 11.3 Å². The predicted molar refractivity (Wildman–Crippen MR) is 249 cm³/mol. The maximum absolute atomic E-state index is 14.9. The number of benzene rings is 1. The Hall–Kier alpha value is -5.30. The van der Waals surface area contributed by atoms with Gasteiger partial charge in [0.05, 0.1) is 12.6 Å². The monoisotopic (exact) mass is 944 g/mol. The minimum Gasteiger partial charge on any atom is -0.508 e. The van der Waals surface area contributed by atoms with Crippen molar-refractivity contribution in [1.29, 1.82) is 0 Å². The van der Waals surface area contributed by atoms with E-state index in [1.165, 1.54) is 29.3 Å². The van der Waals surface area contributed by atoms with E-state index in [1.807, 2.05) is 60.4 Å². The predicted octanol–water partition coefficient (Wildman–Crippen LogP) is 5.79. The van der Waals surface area contributed by atoms with Gasteiger partial charge in [-0.2, -0.15) is 0 Å². The van der Waals surface area contributed by atoms with Crippen LogP contribution in [0.4, 0.5) is 4.79 Å². The highest BCUT2D eigenvalue weighted by Gasteiger charge is 2.39. The molecule has 0 saturated carbocycles. The van der Waals surface area contributed by atoms with E-state index >= 15 is 0 Å². The van der Waals surface area contributed by atoms with Crippen LogP contribution in [0.25, 0.3) is 0 Å². The zero-order valence-corrected chi connectivity index (χ0v) is 41.2. The standard InChI is InChI=1S/C47H73N7O11S/c1-11-21-63-47(62)52-51-42(58)31(8)23-34(24-33-16-18-35(56)19-17-33)48-43(59)36-26-66-45(49-36)39(65-32(9)55)25-38(29(5)6)54(27-64-40(57)22-28(3)4)46(61)41(30(7)12-2)50-44(60)37-15-13-14-20-53(37)10/h16-19,26,28-31,34,37-39,41,56H,11-15,20-25,27H2,1-10H3,(H,48,59)(H,50,60)(H,51,58)(H,52,62)/t30?,31-,34+,37+,38+,39+,41-/m0/s1. The van der Waals surface area contributed by atoms with Gasteiger partial charge in [0.15, 0.2) is 12.8 Å². The highest BCUT2D eigenvalue weighted by Crippen LogP contribution is 2.32. The smallest absolute Gasteiger partial charge is 0.426 e. The van der Waals surface area contributed by atoms with Crippen molar-refractivity contribution in [3.63, 3.8) is 0 Å². The number of amides is 5. The summed E-state index contributed by atoms with van der Waals surface area (Å²) in [4.78, 5) is 101. The molecule has 7 atom stereocenters. The second kappa shape index (κ2) is 27.4. The lowest BCUT2D eigenvalue weighted by molar-refractivity contribution is -0.161. The van der Waals surface area contributed by atoms with Crippen molar-refractivity contribution in [1.82, 2.24) is 36.3 Å².